The van der Waals surface area contributed by atoms with E-state index in [2.05, 4.69) is 6.58 Å². The van der Waals surface area contributed by atoms with Gasteiger partial charge < -0.3 is 9.47 Å². The van der Waals surface area contributed by atoms with Gasteiger partial charge in [0.25, 0.3) is 0 Å². The quantitative estimate of drug-likeness (QED) is 0.145. The van der Waals surface area contributed by atoms with Gasteiger partial charge in [0.15, 0.2) is 23.1 Å². The first-order valence-corrected chi connectivity index (χ1v) is 11.8. The van der Waals surface area contributed by atoms with Gasteiger partial charge in [-0.2, -0.15) is 8.78 Å². The molecule has 1 aliphatic carbocycles. The Labute approximate surface area is 207 Å². The van der Waals surface area contributed by atoms with Crippen LogP contribution in [0, 0.1) is 36.1 Å². The van der Waals surface area contributed by atoms with Gasteiger partial charge in [0.2, 0.25) is 11.6 Å². The lowest BCUT2D eigenvalue weighted by atomic mass is 9.78. The minimum atomic E-state index is -1.31. The Kier molecular flexibility index (Phi) is 7.77. The first kappa shape index (κ1) is 25.5. The van der Waals surface area contributed by atoms with Crippen molar-refractivity contribution in [2.24, 2.45) is 5.92 Å². The summed E-state index contributed by atoms with van der Waals surface area (Å²) in [6.45, 7) is 5.35. The summed E-state index contributed by atoms with van der Waals surface area (Å²) >= 11 is 0. The highest BCUT2D eigenvalue weighted by Gasteiger charge is 2.31. The summed E-state index contributed by atoms with van der Waals surface area (Å²) in [6.07, 6.45) is 2.97. The zero-order valence-electron chi connectivity index (χ0n) is 19.8. The molecule has 3 aromatic carbocycles. The highest BCUT2D eigenvalue weighted by molar-refractivity contribution is 5.75. The number of carbonyl (C=O) groups excluding carboxylic acids is 1. The van der Waals surface area contributed by atoms with Crippen LogP contribution in [0.5, 0.6) is 11.5 Å². The van der Waals surface area contributed by atoms with Crippen molar-refractivity contribution < 1.29 is 31.8 Å². The smallest absolute Gasteiger partial charge is 0.314 e. The van der Waals surface area contributed by atoms with Crippen molar-refractivity contribution in [3.63, 3.8) is 0 Å². The Morgan fingerprint density at radius 3 is 2.17 bits per heavy atom. The van der Waals surface area contributed by atoms with Crippen LogP contribution in [-0.2, 0) is 4.79 Å². The van der Waals surface area contributed by atoms with E-state index in [0.29, 0.717) is 31.2 Å². The maximum atomic E-state index is 15.0. The Balaban J connectivity index is 1.40. The molecule has 4 rings (SSSR count). The van der Waals surface area contributed by atoms with Crippen LogP contribution in [0.25, 0.3) is 11.1 Å². The molecule has 188 valence electrons. The lowest BCUT2D eigenvalue weighted by Crippen LogP contribution is -2.26. The molecule has 0 unspecified atom stereocenters. The summed E-state index contributed by atoms with van der Waals surface area (Å²) in [7, 11) is 0. The second-order valence-electron chi connectivity index (χ2n) is 8.96. The number of benzene rings is 3. The molecule has 1 fully saturated rings. The summed E-state index contributed by atoms with van der Waals surface area (Å²) in [6, 6.07) is 12.7. The summed E-state index contributed by atoms with van der Waals surface area (Å²) in [5.41, 5.74) is 2.09. The molecule has 0 N–H and O–H groups in total. The van der Waals surface area contributed by atoms with Crippen LogP contribution in [0.2, 0.25) is 0 Å². The third-order valence-electron chi connectivity index (χ3n) is 6.55. The van der Waals surface area contributed by atoms with Crippen molar-refractivity contribution >= 4 is 5.97 Å². The number of halogens is 4. The lowest BCUT2D eigenvalue weighted by Gasteiger charge is -2.28. The zero-order chi connectivity index (χ0) is 25.8. The average Bonchev–Trinajstić information content (AvgIpc) is 2.89. The Bertz CT molecular complexity index is 1260. The van der Waals surface area contributed by atoms with Crippen LogP contribution in [0.3, 0.4) is 0 Å². The minimum absolute atomic E-state index is 0.00208. The standard InChI is InChI=1S/C29H26F4O3/c1-3-16-35-23-14-15-24(28(33)27(23)32)36-29(34)20-10-8-19(9-11-20)22-13-12-21(25(30)26(22)31)18-6-4-17(2)5-7-18/h3-7,12-15,19-20H,1,8-11,16H2,2H3. The fourth-order valence-electron chi connectivity index (χ4n) is 4.52. The van der Waals surface area contributed by atoms with Crippen LogP contribution in [0.1, 0.15) is 42.7 Å². The third kappa shape index (κ3) is 5.30. The van der Waals surface area contributed by atoms with Crippen molar-refractivity contribution in [3.8, 4) is 22.6 Å². The first-order valence-electron chi connectivity index (χ1n) is 11.8. The van der Waals surface area contributed by atoms with Crippen LogP contribution < -0.4 is 9.47 Å². The molecule has 0 atom stereocenters. The van der Waals surface area contributed by atoms with Crippen LogP contribution in [-0.4, -0.2) is 12.6 Å². The van der Waals surface area contributed by atoms with Gasteiger partial charge in [0, 0.05) is 5.56 Å². The highest BCUT2D eigenvalue weighted by Crippen LogP contribution is 2.40. The van der Waals surface area contributed by atoms with E-state index >= 15 is 0 Å². The first-order chi connectivity index (χ1) is 17.3. The molecule has 1 saturated carbocycles. The topological polar surface area (TPSA) is 35.5 Å². The van der Waals surface area contributed by atoms with Gasteiger partial charge in [-0.1, -0.05) is 54.6 Å². The number of carbonyl (C=O) groups is 1. The summed E-state index contributed by atoms with van der Waals surface area (Å²) in [4.78, 5) is 12.6. The van der Waals surface area contributed by atoms with E-state index in [9.17, 15) is 22.4 Å². The molecule has 0 amide bonds. The fraction of sp³-hybridized carbons (Fsp3) is 0.276. The molecule has 0 spiro atoms. The number of hydrogen-bond acceptors (Lipinski definition) is 3. The number of hydrogen-bond donors (Lipinski definition) is 0. The van der Waals surface area contributed by atoms with E-state index in [1.54, 1.807) is 24.3 Å². The molecule has 1 aliphatic rings. The predicted octanol–water partition coefficient (Wildman–Crippen LogP) is 7.66. The van der Waals surface area contributed by atoms with Gasteiger partial charge in [0.05, 0.1) is 5.92 Å². The van der Waals surface area contributed by atoms with Crippen molar-refractivity contribution in [2.75, 3.05) is 6.61 Å². The van der Waals surface area contributed by atoms with E-state index in [4.69, 9.17) is 9.47 Å². The van der Waals surface area contributed by atoms with E-state index in [1.165, 1.54) is 12.1 Å². The van der Waals surface area contributed by atoms with Crippen LogP contribution in [0.15, 0.2) is 61.2 Å². The molecule has 0 aromatic heterocycles. The molecular formula is C29H26F4O3. The monoisotopic (exact) mass is 498 g/mol. The molecule has 7 heteroatoms. The van der Waals surface area contributed by atoms with Crippen molar-refractivity contribution in [3.05, 3.63) is 95.6 Å². The van der Waals surface area contributed by atoms with Gasteiger partial charge in [-0.15, -0.1) is 0 Å². The van der Waals surface area contributed by atoms with Crippen molar-refractivity contribution in [1.82, 2.24) is 0 Å². The largest absolute Gasteiger partial charge is 0.486 e. The molecular weight excluding hydrogens is 472 g/mol. The van der Waals surface area contributed by atoms with Gasteiger partial charge in [0.1, 0.15) is 6.61 Å². The van der Waals surface area contributed by atoms with Gasteiger partial charge in [-0.25, -0.2) is 8.78 Å². The van der Waals surface area contributed by atoms with Gasteiger partial charge in [-0.3, -0.25) is 4.79 Å². The SMILES string of the molecule is C=CCOc1ccc(OC(=O)C2CCC(c3ccc(-c4ccc(C)cc4)c(F)c3F)CC2)c(F)c1F. The maximum Gasteiger partial charge on any atom is 0.314 e. The summed E-state index contributed by atoms with van der Waals surface area (Å²) in [5, 5.41) is 0. The fourth-order valence-corrected chi connectivity index (χ4v) is 4.52. The molecule has 0 bridgehead atoms. The summed E-state index contributed by atoms with van der Waals surface area (Å²) in [5.74, 6) is -6.67. The van der Waals surface area contributed by atoms with E-state index in [-0.39, 0.29) is 29.4 Å². The Morgan fingerprint density at radius 1 is 0.861 bits per heavy atom. The van der Waals surface area contributed by atoms with Gasteiger partial charge >= 0.3 is 5.97 Å². The number of ether oxygens (including phenoxy) is 2. The van der Waals surface area contributed by atoms with Crippen LogP contribution in [0.4, 0.5) is 17.6 Å². The zero-order valence-corrected chi connectivity index (χ0v) is 19.8. The molecule has 3 nitrogen and oxygen atoms in total. The van der Waals surface area contributed by atoms with E-state index < -0.39 is 40.9 Å². The Hall–Kier alpha value is -3.61. The molecule has 0 saturated heterocycles. The summed E-state index contributed by atoms with van der Waals surface area (Å²) < 4.78 is 68.5. The molecule has 3 aromatic rings. The second-order valence-corrected chi connectivity index (χ2v) is 8.96. The van der Waals surface area contributed by atoms with Crippen molar-refractivity contribution in [1.29, 1.82) is 0 Å². The molecule has 0 aliphatic heterocycles. The number of aryl methyl sites for hydroxylation is 1. The number of esters is 1. The number of rotatable bonds is 7. The van der Waals surface area contributed by atoms with E-state index in [0.717, 1.165) is 11.6 Å². The second kappa shape index (κ2) is 11.0. The predicted molar refractivity (Wildman–Crippen MR) is 129 cm³/mol. The average molecular weight is 499 g/mol. The molecule has 36 heavy (non-hydrogen) atoms. The minimum Gasteiger partial charge on any atom is -0.486 e. The lowest BCUT2D eigenvalue weighted by molar-refractivity contribution is -0.140. The van der Waals surface area contributed by atoms with E-state index in [1.807, 2.05) is 19.1 Å². The third-order valence-corrected chi connectivity index (χ3v) is 6.55. The maximum absolute atomic E-state index is 15.0. The van der Waals surface area contributed by atoms with Crippen LogP contribution >= 0.6 is 0 Å². The highest BCUT2D eigenvalue weighted by atomic mass is 19.2. The molecule has 0 heterocycles. The molecule has 0 radical (unpaired) electrons. The van der Waals surface area contributed by atoms with Gasteiger partial charge in [-0.05, 0) is 61.8 Å². The van der Waals surface area contributed by atoms with Crippen molar-refractivity contribution in [2.45, 2.75) is 38.5 Å². The normalized spacial score (nSPS) is 17.5. The Morgan fingerprint density at radius 2 is 1.50 bits per heavy atom.